The Morgan fingerprint density at radius 1 is 0.385 bits per heavy atom. The fraction of sp³-hybridized carbons (Fsp3) is 0.100. The smallest absolute Gasteiger partial charge is 0.260 e. The zero-order valence-electron chi connectivity index (χ0n) is 37.3. The molecule has 0 bridgehead atoms. The van der Waals surface area contributed by atoms with Crippen molar-refractivity contribution in [2.45, 2.75) is 41.5 Å². The van der Waals surface area contributed by atoms with Crippen molar-refractivity contribution in [2.75, 3.05) is 0 Å². The number of aromatic nitrogens is 1. The second kappa shape index (κ2) is 13.9. The zero-order chi connectivity index (χ0) is 43.8. The quantitative estimate of drug-likeness (QED) is 0.166. The molecule has 0 spiro atoms. The van der Waals surface area contributed by atoms with Crippen molar-refractivity contribution in [3.05, 3.63) is 191 Å². The van der Waals surface area contributed by atoms with Crippen molar-refractivity contribution in [1.82, 2.24) is 4.57 Å². The Hall–Kier alpha value is -7.76. The first-order valence-corrected chi connectivity index (χ1v) is 22.6. The van der Waals surface area contributed by atoms with E-state index >= 15 is 0 Å². The van der Waals surface area contributed by atoms with Crippen LogP contribution in [0.25, 0.3) is 82.8 Å². The molecule has 0 radical (unpaired) electrons. The highest BCUT2D eigenvalue weighted by atomic mass is 16.5. The zero-order valence-corrected chi connectivity index (χ0v) is 37.3. The minimum atomic E-state index is -0.0547. The lowest BCUT2D eigenvalue weighted by molar-refractivity contribution is 0.465. The number of ether oxygens (including phenoxy) is 2. The molecule has 2 aliphatic heterocycles. The maximum absolute atomic E-state index is 7.05. The van der Waals surface area contributed by atoms with Gasteiger partial charge in [0, 0.05) is 38.8 Å². The molecular weight excluding hydrogens is 793 g/mol. The molecule has 0 N–H and O–H groups in total. The van der Waals surface area contributed by atoms with E-state index in [9.17, 15) is 0 Å². The monoisotopic (exact) mass is 837 g/mol. The maximum Gasteiger partial charge on any atom is 0.260 e. The average Bonchev–Trinajstić information content (AvgIpc) is 3.82. The molecule has 310 valence electrons. The summed E-state index contributed by atoms with van der Waals surface area (Å²) < 4.78 is 22.8. The first-order chi connectivity index (χ1) is 31.6. The molecule has 0 amide bonds. The number of hydrogen-bond acceptors (Lipinski definition) is 3. The highest BCUT2D eigenvalue weighted by Gasteiger charge is 2.41. The van der Waals surface area contributed by atoms with Gasteiger partial charge in [-0.15, -0.1) is 0 Å². The fourth-order valence-electron chi connectivity index (χ4n) is 11.5. The van der Waals surface area contributed by atoms with E-state index in [0.717, 1.165) is 100 Å². The summed E-state index contributed by atoms with van der Waals surface area (Å²) in [6.45, 7) is 13.1. The Labute approximate surface area is 378 Å². The Morgan fingerprint density at radius 3 is 1.51 bits per heavy atom. The first kappa shape index (κ1) is 37.8. The summed E-state index contributed by atoms with van der Waals surface area (Å²) in [4.78, 5) is 0. The van der Waals surface area contributed by atoms with Gasteiger partial charge in [-0.3, -0.25) is 0 Å². The van der Waals surface area contributed by atoms with Gasteiger partial charge in [0.15, 0.2) is 0 Å². The van der Waals surface area contributed by atoms with Crippen LogP contribution in [-0.2, 0) is 0 Å². The van der Waals surface area contributed by atoms with E-state index < -0.39 is 0 Å². The van der Waals surface area contributed by atoms with Gasteiger partial charge in [-0.1, -0.05) is 108 Å². The van der Waals surface area contributed by atoms with Crippen molar-refractivity contribution in [3.8, 4) is 62.1 Å². The van der Waals surface area contributed by atoms with Crippen LogP contribution >= 0.6 is 0 Å². The van der Waals surface area contributed by atoms with Gasteiger partial charge in [-0.25, -0.2) is 0 Å². The molecule has 2 aromatic heterocycles. The van der Waals surface area contributed by atoms with Crippen LogP contribution in [-0.4, -0.2) is 11.3 Å². The lowest BCUT2D eigenvalue weighted by atomic mass is 9.34. The van der Waals surface area contributed by atoms with E-state index in [4.69, 9.17) is 13.9 Å². The van der Waals surface area contributed by atoms with E-state index in [1.54, 1.807) is 0 Å². The van der Waals surface area contributed by atoms with Crippen LogP contribution in [0.2, 0.25) is 0 Å². The van der Waals surface area contributed by atoms with Gasteiger partial charge in [0.1, 0.15) is 34.2 Å². The fourth-order valence-corrected chi connectivity index (χ4v) is 11.5. The summed E-state index contributed by atoms with van der Waals surface area (Å²) in [6, 6.07) is 57.4. The minimum Gasteiger partial charge on any atom is -0.458 e. The average molecular weight is 838 g/mol. The van der Waals surface area contributed by atoms with Gasteiger partial charge in [-0.2, -0.15) is 0 Å². The predicted octanol–water partition coefficient (Wildman–Crippen LogP) is 14.3. The van der Waals surface area contributed by atoms with E-state index in [0.29, 0.717) is 0 Å². The van der Waals surface area contributed by atoms with Crippen LogP contribution in [0.4, 0.5) is 0 Å². The highest BCUT2D eigenvalue weighted by Crippen LogP contribution is 2.43. The Bertz CT molecular complexity index is 3670. The molecule has 2 aliphatic rings. The minimum absolute atomic E-state index is 0.0547. The van der Waals surface area contributed by atoms with Crippen molar-refractivity contribution in [1.29, 1.82) is 0 Å². The van der Waals surface area contributed by atoms with Crippen LogP contribution < -0.4 is 25.9 Å². The maximum atomic E-state index is 7.05. The van der Waals surface area contributed by atoms with Gasteiger partial charge in [0.2, 0.25) is 0 Å². The van der Waals surface area contributed by atoms with E-state index in [1.807, 2.05) is 12.1 Å². The van der Waals surface area contributed by atoms with Crippen LogP contribution in [0.3, 0.4) is 0 Å². The summed E-state index contributed by atoms with van der Waals surface area (Å²) in [7, 11) is 0. The van der Waals surface area contributed by atoms with Gasteiger partial charge in [-0.05, 0) is 163 Å². The summed E-state index contributed by atoms with van der Waals surface area (Å²) in [5.74, 6) is 3.41. The molecule has 0 unspecified atom stereocenters. The number of furan rings is 1. The molecular formula is C60H44BNO3. The number of aryl methyl sites for hydroxylation is 6. The van der Waals surface area contributed by atoms with Crippen molar-refractivity contribution in [2.24, 2.45) is 0 Å². The second-order valence-electron chi connectivity index (χ2n) is 18.4. The molecule has 0 saturated heterocycles. The van der Waals surface area contributed by atoms with Crippen molar-refractivity contribution >= 4 is 66.8 Å². The molecule has 65 heavy (non-hydrogen) atoms. The highest BCUT2D eigenvalue weighted by molar-refractivity contribution is 6.98. The third-order valence-electron chi connectivity index (χ3n) is 14.0. The van der Waals surface area contributed by atoms with E-state index in [2.05, 4.69) is 192 Å². The number of nitrogens with zero attached hydrogens (tertiary/aromatic N) is 1. The van der Waals surface area contributed by atoms with Crippen LogP contribution in [0.5, 0.6) is 23.0 Å². The number of para-hydroxylation sites is 2. The number of rotatable bonds is 4. The lowest BCUT2D eigenvalue weighted by Gasteiger charge is -2.34. The molecule has 0 aliphatic carbocycles. The number of benzene rings is 9. The normalized spacial score (nSPS) is 12.7. The lowest BCUT2D eigenvalue weighted by Crippen LogP contribution is -2.57. The largest absolute Gasteiger partial charge is 0.458 e. The van der Waals surface area contributed by atoms with Crippen LogP contribution in [0.1, 0.15) is 33.4 Å². The second-order valence-corrected chi connectivity index (χ2v) is 18.4. The topological polar surface area (TPSA) is 36.5 Å². The summed E-state index contributed by atoms with van der Waals surface area (Å²) >= 11 is 0. The molecule has 5 heteroatoms. The van der Waals surface area contributed by atoms with Crippen LogP contribution in [0.15, 0.2) is 162 Å². The predicted molar refractivity (Wildman–Crippen MR) is 270 cm³/mol. The van der Waals surface area contributed by atoms with Gasteiger partial charge in [0.05, 0.1) is 11.0 Å². The summed E-state index contributed by atoms with van der Waals surface area (Å²) in [6.07, 6.45) is 0. The van der Waals surface area contributed by atoms with Crippen LogP contribution in [0, 0.1) is 41.5 Å². The molecule has 0 fully saturated rings. The van der Waals surface area contributed by atoms with Gasteiger partial charge >= 0.3 is 0 Å². The Morgan fingerprint density at radius 2 is 0.908 bits per heavy atom. The molecule has 4 nitrogen and oxygen atoms in total. The van der Waals surface area contributed by atoms with Gasteiger partial charge in [0.25, 0.3) is 6.71 Å². The summed E-state index contributed by atoms with van der Waals surface area (Å²) in [5.41, 5.74) is 23.0. The molecule has 9 aromatic carbocycles. The number of fused-ring (bicyclic) bond motifs is 10. The third-order valence-corrected chi connectivity index (χ3v) is 14.0. The third kappa shape index (κ3) is 5.71. The van der Waals surface area contributed by atoms with Gasteiger partial charge < -0.3 is 18.5 Å². The summed E-state index contributed by atoms with van der Waals surface area (Å²) in [5, 5.41) is 4.68. The molecule has 11 aromatic rings. The van der Waals surface area contributed by atoms with E-state index in [-0.39, 0.29) is 6.71 Å². The SMILES string of the molecule is Cc1cc(C)c(-c2ccc3c(c2)Oc2cc(-c4ccc(-n5c6ccccc6c6cc7c(cc65)oc5ccccc57)cc4)cc4c2B3c2ccc(-c3c(C)cc(C)cc3C)cc2O4)c(C)c1. The standard InChI is InChI=1S/C60H44BNO3/c1-33-23-35(3)58(36(4)24-33)40-17-21-48-54(27-40)64-56-29-42(30-57-60(56)61(48)49-22-18-41(28-55(49)65-57)59-37(5)25-34(2)26-38(59)6)39-15-19-43(20-16-39)62-50-13-9-7-11-44(50)46-31-47-45-12-8-10-14-52(45)63-53(47)32-51(46)62/h7-32H,1-6H3. The molecule has 0 saturated carbocycles. The molecule has 0 atom stereocenters. The van der Waals surface area contributed by atoms with Crippen molar-refractivity contribution < 1.29 is 13.9 Å². The Kier molecular flexibility index (Phi) is 8.06. The number of hydrogen-bond donors (Lipinski definition) is 0. The first-order valence-electron chi connectivity index (χ1n) is 22.6. The van der Waals surface area contributed by atoms with Crippen molar-refractivity contribution in [3.63, 3.8) is 0 Å². The Balaban J connectivity index is 0.955. The molecule has 13 rings (SSSR count). The molecule has 4 heterocycles. The van der Waals surface area contributed by atoms with E-state index in [1.165, 1.54) is 55.3 Å².